The van der Waals surface area contributed by atoms with Crippen molar-refractivity contribution in [2.24, 2.45) is 10.9 Å². The van der Waals surface area contributed by atoms with Gasteiger partial charge in [0.05, 0.1) is 16.8 Å². The third-order valence-corrected chi connectivity index (χ3v) is 6.38. The number of para-hydroxylation sites is 1. The van der Waals surface area contributed by atoms with E-state index in [4.69, 9.17) is 9.72 Å². The minimum absolute atomic E-state index is 0.0918. The summed E-state index contributed by atoms with van der Waals surface area (Å²) in [5.41, 5.74) is 2.18. The van der Waals surface area contributed by atoms with Crippen LogP contribution in [0.4, 0.5) is 5.13 Å². The fourth-order valence-electron chi connectivity index (χ4n) is 4.18. The van der Waals surface area contributed by atoms with E-state index < -0.39 is 0 Å². The summed E-state index contributed by atoms with van der Waals surface area (Å²) in [5, 5.41) is 4.17. The van der Waals surface area contributed by atoms with Crippen molar-refractivity contribution in [3.63, 3.8) is 0 Å². The molecule has 1 aromatic heterocycles. The maximum absolute atomic E-state index is 6.32. The molecule has 2 aromatic rings. The molecule has 0 amide bonds. The number of hydrogen-bond donors (Lipinski definition) is 1. The number of fused-ring (bicyclic) bond motifs is 3. The van der Waals surface area contributed by atoms with E-state index in [-0.39, 0.29) is 5.60 Å². The standard InChI is InChI=1S/C17H20N4OS/c1-11-3-2-4-13-14(11)19-16(23-13)20-15-18-9-17(22-15)10-21-7-5-12(17)6-8-21/h2-4,12H,5-10H2,1H3,(H,18,19,20). The maximum Gasteiger partial charge on any atom is 0.291 e. The monoisotopic (exact) mass is 328 g/mol. The van der Waals surface area contributed by atoms with Gasteiger partial charge in [0, 0.05) is 12.5 Å². The van der Waals surface area contributed by atoms with Gasteiger partial charge in [-0.05, 0) is 44.5 Å². The lowest BCUT2D eigenvalue weighted by Gasteiger charge is -2.50. The molecule has 1 spiro atoms. The van der Waals surface area contributed by atoms with Gasteiger partial charge >= 0.3 is 0 Å². The van der Waals surface area contributed by atoms with Gasteiger partial charge in [-0.3, -0.25) is 10.2 Å². The van der Waals surface area contributed by atoms with Crippen molar-refractivity contribution in [1.82, 2.24) is 9.88 Å². The summed E-state index contributed by atoms with van der Waals surface area (Å²) < 4.78 is 7.52. The third kappa shape index (κ3) is 2.16. The van der Waals surface area contributed by atoms with E-state index >= 15 is 0 Å². The fraction of sp³-hybridized carbons (Fsp3) is 0.529. The number of aryl methyl sites for hydroxylation is 1. The number of aromatic nitrogens is 1. The molecular formula is C17H20N4OS. The molecule has 4 aliphatic heterocycles. The van der Waals surface area contributed by atoms with Crippen molar-refractivity contribution in [3.05, 3.63) is 23.8 Å². The molecule has 23 heavy (non-hydrogen) atoms. The highest BCUT2D eigenvalue weighted by Crippen LogP contribution is 2.41. The highest BCUT2D eigenvalue weighted by atomic mass is 32.1. The van der Waals surface area contributed by atoms with Crippen LogP contribution >= 0.6 is 11.3 Å². The van der Waals surface area contributed by atoms with Crippen LogP contribution in [0.5, 0.6) is 0 Å². The minimum atomic E-state index is -0.0918. The first-order valence-corrected chi connectivity index (χ1v) is 9.13. The Labute approximate surface area is 139 Å². The van der Waals surface area contributed by atoms with Crippen molar-refractivity contribution in [2.75, 3.05) is 31.5 Å². The van der Waals surface area contributed by atoms with Gasteiger partial charge in [0.25, 0.3) is 6.02 Å². The number of nitrogens with zero attached hydrogens (tertiary/aromatic N) is 3. The Morgan fingerprint density at radius 1 is 1.35 bits per heavy atom. The fourth-order valence-corrected chi connectivity index (χ4v) is 5.11. The van der Waals surface area contributed by atoms with Crippen LogP contribution in [0.2, 0.25) is 0 Å². The molecule has 1 atom stereocenters. The summed E-state index contributed by atoms with van der Waals surface area (Å²) in [7, 11) is 0. The maximum atomic E-state index is 6.32. The van der Waals surface area contributed by atoms with E-state index in [1.54, 1.807) is 11.3 Å². The summed E-state index contributed by atoms with van der Waals surface area (Å²) in [6.45, 7) is 6.33. The van der Waals surface area contributed by atoms with E-state index in [1.807, 2.05) is 0 Å². The zero-order valence-electron chi connectivity index (χ0n) is 13.2. The van der Waals surface area contributed by atoms with Gasteiger partial charge in [-0.15, -0.1) is 0 Å². The van der Waals surface area contributed by atoms with Crippen LogP contribution in [0.25, 0.3) is 10.2 Å². The lowest BCUT2D eigenvalue weighted by Crippen LogP contribution is -2.61. The number of nitrogens with one attached hydrogen (secondary N) is 1. The largest absolute Gasteiger partial charge is 0.455 e. The van der Waals surface area contributed by atoms with Gasteiger partial charge in [0.15, 0.2) is 5.13 Å². The lowest BCUT2D eigenvalue weighted by molar-refractivity contribution is -0.0829. The molecule has 5 heterocycles. The SMILES string of the molecule is Cc1cccc2sc(NC3=NCC4(CN5CCC4CC5)O3)nc12. The minimum Gasteiger partial charge on any atom is -0.455 e. The quantitative estimate of drug-likeness (QED) is 0.874. The number of hydrogen-bond acceptors (Lipinski definition) is 6. The van der Waals surface area contributed by atoms with E-state index in [0.717, 1.165) is 23.7 Å². The number of amidine groups is 1. The Kier molecular flexibility index (Phi) is 2.94. The molecule has 3 fully saturated rings. The molecule has 1 unspecified atom stereocenters. The van der Waals surface area contributed by atoms with Gasteiger partial charge < -0.3 is 4.74 Å². The van der Waals surface area contributed by atoms with Gasteiger partial charge in [-0.2, -0.15) is 0 Å². The number of piperidine rings is 3. The average Bonchev–Trinajstić information content (AvgIpc) is 3.14. The second-order valence-corrected chi connectivity index (χ2v) is 7.93. The number of ether oxygens (including phenoxy) is 1. The molecule has 6 heteroatoms. The molecule has 4 aliphatic rings. The van der Waals surface area contributed by atoms with Crippen molar-refractivity contribution in [2.45, 2.75) is 25.4 Å². The summed E-state index contributed by atoms with van der Waals surface area (Å²) in [5.74, 6) is 0.646. The van der Waals surface area contributed by atoms with Crippen LogP contribution in [-0.4, -0.2) is 47.7 Å². The lowest BCUT2D eigenvalue weighted by atomic mass is 9.75. The molecule has 3 saturated heterocycles. The summed E-state index contributed by atoms with van der Waals surface area (Å²) in [4.78, 5) is 11.8. The van der Waals surface area contributed by atoms with Crippen LogP contribution < -0.4 is 5.32 Å². The molecule has 6 rings (SSSR count). The van der Waals surface area contributed by atoms with Crippen LogP contribution in [0.3, 0.4) is 0 Å². The molecule has 120 valence electrons. The second-order valence-electron chi connectivity index (χ2n) is 6.90. The summed E-state index contributed by atoms with van der Waals surface area (Å²) >= 11 is 1.66. The van der Waals surface area contributed by atoms with Crippen molar-refractivity contribution in [3.8, 4) is 0 Å². The summed E-state index contributed by atoms with van der Waals surface area (Å²) in [6, 6.07) is 6.93. The molecule has 0 saturated carbocycles. The number of rotatable bonds is 1. The number of benzene rings is 1. The van der Waals surface area contributed by atoms with Gasteiger partial charge in [0.1, 0.15) is 5.60 Å². The van der Waals surface area contributed by atoms with Gasteiger partial charge in [-0.1, -0.05) is 23.5 Å². The van der Waals surface area contributed by atoms with Gasteiger partial charge in [0.2, 0.25) is 0 Å². The number of thiazole rings is 1. The van der Waals surface area contributed by atoms with Crippen LogP contribution in [0.1, 0.15) is 18.4 Å². The van der Waals surface area contributed by atoms with Crippen LogP contribution in [0.15, 0.2) is 23.2 Å². The van der Waals surface area contributed by atoms with Crippen LogP contribution in [-0.2, 0) is 4.74 Å². The molecule has 0 aliphatic carbocycles. The van der Waals surface area contributed by atoms with Crippen molar-refractivity contribution < 1.29 is 4.74 Å². The number of anilines is 1. The first-order chi connectivity index (χ1) is 11.2. The molecular weight excluding hydrogens is 308 g/mol. The van der Waals surface area contributed by atoms with Crippen molar-refractivity contribution >= 4 is 32.7 Å². The van der Waals surface area contributed by atoms with E-state index in [1.165, 1.54) is 36.2 Å². The molecule has 2 bridgehead atoms. The smallest absolute Gasteiger partial charge is 0.291 e. The Hall–Kier alpha value is -1.66. The highest BCUT2D eigenvalue weighted by molar-refractivity contribution is 7.22. The first-order valence-electron chi connectivity index (χ1n) is 8.31. The zero-order chi connectivity index (χ0) is 15.4. The predicted molar refractivity (Wildman–Crippen MR) is 93.3 cm³/mol. The Bertz CT molecular complexity index is 793. The second kappa shape index (κ2) is 4.92. The highest BCUT2D eigenvalue weighted by Gasteiger charge is 2.51. The van der Waals surface area contributed by atoms with E-state index in [9.17, 15) is 0 Å². The van der Waals surface area contributed by atoms with Crippen LogP contribution in [0, 0.1) is 12.8 Å². The first kappa shape index (κ1) is 13.7. The number of aliphatic imine (C=N–C) groups is 1. The third-order valence-electron chi connectivity index (χ3n) is 5.45. The average molecular weight is 328 g/mol. The van der Waals surface area contributed by atoms with E-state index in [0.29, 0.717) is 11.9 Å². The Balaban J connectivity index is 1.36. The topological polar surface area (TPSA) is 49.8 Å². The van der Waals surface area contributed by atoms with E-state index in [2.05, 4.69) is 40.3 Å². The Morgan fingerprint density at radius 2 is 2.22 bits per heavy atom. The normalized spacial score (nSPS) is 32.3. The zero-order valence-corrected chi connectivity index (χ0v) is 14.0. The molecule has 1 N–H and O–H groups in total. The summed E-state index contributed by atoms with van der Waals surface area (Å²) in [6.07, 6.45) is 2.48. The Morgan fingerprint density at radius 3 is 2.96 bits per heavy atom. The molecule has 1 aromatic carbocycles. The molecule has 5 nitrogen and oxygen atoms in total. The predicted octanol–water partition coefficient (Wildman–Crippen LogP) is 2.87. The molecule has 0 radical (unpaired) electrons. The van der Waals surface area contributed by atoms with Crippen molar-refractivity contribution in [1.29, 1.82) is 0 Å². The van der Waals surface area contributed by atoms with Gasteiger partial charge in [-0.25, -0.2) is 9.98 Å².